The summed E-state index contributed by atoms with van der Waals surface area (Å²) in [6.45, 7) is 1.89. The minimum Gasteiger partial charge on any atom is -0.490 e. The molecule has 8 aromatic rings. The van der Waals surface area contributed by atoms with Gasteiger partial charge in [0, 0.05) is 31.2 Å². The van der Waals surface area contributed by atoms with Crippen molar-refractivity contribution in [3.05, 3.63) is 132 Å². The third kappa shape index (κ3) is 11.5. The average molecular weight is 1070 g/mol. The molecule has 2 aromatic carbocycles. The number of methoxy groups -OCH3 is 2. The van der Waals surface area contributed by atoms with Crippen molar-refractivity contribution < 1.29 is 39.0 Å². The minimum absolute atomic E-state index is 0.0179. The van der Waals surface area contributed by atoms with Crippen molar-refractivity contribution in [3.63, 3.8) is 0 Å². The van der Waals surface area contributed by atoms with Crippen molar-refractivity contribution in [2.24, 2.45) is 11.5 Å². The molecule has 0 radical (unpaired) electrons. The van der Waals surface area contributed by atoms with Gasteiger partial charge >= 0.3 is 0 Å². The maximum atomic E-state index is 9.77. The minimum atomic E-state index is -1.16. The number of benzene rings is 2. The Balaban J connectivity index is 0.000000197. The van der Waals surface area contributed by atoms with E-state index in [9.17, 15) is 15.3 Å². The highest BCUT2D eigenvalue weighted by Crippen LogP contribution is 2.36. The summed E-state index contributed by atoms with van der Waals surface area (Å²) >= 11 is 8.17. The Labute approximate surface area is 417 Å². The molecule has 0 amide bonds. The lowest BCUT2D eigenvalue weighted by molar-refractivity contribution is -0.0589. The second-order valence-electron chi connectivity index (χ2n) is 15.8. The molecule has 7 heterocycles. The van der Waals surface area contributed by atoms with Crippen LogP contribution in [-0.2, 0) is 38.5 Å². The maximum Gasteiger partial charge on any atom is 0.154 e. The van der Waals surface area contributed by atoms with Crippen molar-refractivity contribution >= 4 is 56.0 Å². The number of aromatic nitrogens is 8. The lowest BCUT2D eigenvalue weighted by atomic mass is 9.93. The Morgan fingerprint density at radius 1 is 0.681 bits per heavy atom. The molecular formula is C49H54ClIN10O8. The number of nitrogens with zero attached hydrogens (tertiary/aromatic N) is 8. The van der Waals surface area contributed by atoms with Gasteiger partial charge in [0.15, 0.2) is 11.6 Å². The fraction of sp³-hybridized carbons (Fsp3) is 0.306. The van der Waals surface area contributed by atoms with E-state index in [1.807, 2.05) is 83.8 Å². The number of aliphatic hydroxyl groups excluding tert-OH is 3. The first-order chi connectivity index (χ1) is 33.6. The lowest BCUT2D eigenvalue weighted by Crippen LogP contribution is -2.54. The third-order valence-corrected chi connectivity index (χ3v) is 11.6. The first-order valence-electron chi connectivity index (χ1n) is 21.7. The number of hydrogen-bond donors (Lipinski definition) is 5. The van der Waals surface area contributed by atoms with Crippen LogP contribution in [0.2, 0.25) is 0 Å². The Bertz CT molecular complexity index is 2970. The van der Waals surface area contributed by atoms with Crippen LogP contribution in [0, 0.1) is 0 Å². The molecule has 0 saturated carbocycles. The van der Waals surface area contributed by atoms with Gasteiger partial charge in [-0.05, 0) is 77.7 Å². The topological polar surface area (TPSA) is 246 Å². The predicted octanol–water partition coefficient (Wildman–Crippen LogP) is 5.62. The summed E-state index contributed by atoms with van der Waals surface area (Å²) in [5.41, 5.74) is 17.9. The zero-order valence-corrected chi connectivity index (χ0v) is 41.2. The molecular weight excluding hydrogens is 1020 g/mol. The Hall–Kier alpha value is -5.72. The average Bonchev–Trinajstić information content (AvgIpc) is 4.04. The molecule has 1 aliphatic heterocycles. The van der Waals surface area contributed by atoms with Crippen LogP contribution in [0.3, 0.4) is 0 Å². The van der Waals surface area contributed by atoms with E-state index in [0.29, 0.717) is 85.6 Å². The first kappa shape index (κ1) is 51.1. The molecule has 0 aliphatic carbocycles. The molecule has 9 rings (SSSR count). The quantitative estimate of drug-likeness (QED) is 0.0398. The molecule has 1 unspecified atom stereocenters. The zero-order valence-electron chi connectivity index (χ0n) is 38.3. The van der Waals surface area contributed by atoms with Gasteiger partial charge in [-0.2, -0.15) is 10.2 Å². The zero-order chi connectivity index (χ0) is 49.0. The van der Waals surface area contributed by atoms with Gasteiger partial charge in [0.05, 0.1) is 120 Å². The van der Waals surface area contributed by atoms with Crippen molar-refractivity contribution in [2.75, 3.05) is 71.3 Å². The van der Waals surface area contributed by atoms with E-state index in [2.05, 4.69) is 47.7 Å². The number of aliphatic hydroxyl groups is 3. The van der Waals surface area contributed by atoms with Gasteiger partial charge in [0.25, 0.3) is 0 Å². The van der Waals surface area contributed by atoms with Gasteiger partial charge in [0.1, 0.15) is 30.3 Å². The SMILES string of the molecule is CI.COCCOc1cc(-c2cccc(C(N)(CO)CCl)n2)cc2c1cnn2-c1cccc(CO)n1.COCCOc1cc(-c2cccc(C3(N)COC3)n2)cc2c1cnn2-c1cccc(CO)n1. The molecule has 69 heavy (non-hydrogen) atoms. The number of alkyl halides is 2. The number of ether oxygens (including phenoxy) is 5. The molecule has 1 aliphatic rings. The summed E-state index contributed by atoms with van der Waals surface area (Å²) in [6, 6.07) is 29.8. The predicted molar refractivity (Wildman–Crippen MR) is 271 cm³/mol. The Morgan fingerprint density at radius 3 is 1.62 bits per heavy atom. The smallest absolute Gasteiger partial charge is 0.154 e. The van der Waals surface area contributed by atoms with Gasteiger partial charge in [-0.3, -0.25) is 9.97 Å². The third-order valence-electron chi connectivity index (χ3n) is 11.1. The highest BCUT2D eigenvalue weighted by Gasteiger charge is 2.37. The lowest BCUT2D eigenvalue weighted by Gasteiger charge is -2.37. The number of fused-ring (bicyclic) bond motifs is 2. The molecule has 0 bridgehead atoms. The van der Waals surface area contributed by atoms with Gasteiger partial charge < -0.3 is 50.5 Å². The maximum absolute atomic E-state index is 9.77. The monoisotopic (exact) mass is 1070 g/mol. The van der Waals surface area contributed by atoms with Gasteiger partial charge in [-0.15, -0.1) is 11.6 Å². The number of hydrogen-bond acceptors (Lipinski definition) is 16. The van der Waals surface area contributed by atoms with E-state index < -0.39 is 11.1 Å². The normalized spacial score (nSPS) is 13.7. The van der Waals surface area contributed by atoms with E-state index in [0.717, 1.165) is 44.3 Å². The second kappa shape index (κ2) is 23.7. The largest absolute Gasteiger partial charge is 0.490 e. The highest BCUT2D eigenvalue weighted by atomic mass is 127. The van der Waals surface area contributed by atoms with Crippen LogP contribution in [0.25, 0.3) is 56.0 Å². The summed E-state index contributed by atoms with van der Waals surface area (Å²) < 4.78 is 31.0. The Morgan fingerprint density at radius 2 is 1.17 bits per heavy atom. The van der Waals surface area contributed by atoms with Crippen LogP contribution in [0.4, 0.5) is 0 Å². The first-order valence-corrected chi connectivity index (χ1v) is 24.4. The van der Waals surface area contributed by atoms with E-state index in [-0.39, 0.29) is 25.7 Å². The summed E-state index contributed by atoms with van der Waals surface area (Å²) in [5.74, 6) is 2.47. The fourth-order valence-corrected chi connectivity index (χ4v) is 7.53. The molecule has 0 spiro atoms. The van der Waals surface area contributed by atoms with Crippen LogP contribution >= 0.6 is 34.2 Å². The summed E-state index contributed by atoms with van der Waals surface area (Å²) in [7, 11) is 3.25. The molecule has 7 N–H and O–H groups in total. The molecule has 1 fully saturated rings. The number of pyridine rings is 4. The highest BCUT2D eigenvalue weighted by molar-refractivity contribution is 14.1. The number of nitrogens with two attached hydrogens (primary N) is 2. The van der Waals surface area contributed by atoms with E-state index in [1.54, 1.807) is 54.2 Å². The van der Waals surface area contributed by atoms with Crippen LogP contribution < -0.4 is 20.9 Å². The summed E-state index contributed by atoms with van der Waals surface area (Å²) in [4.78, 5) is 20.5. The molecule has 362 valence electrons. The molecule has 18 nitrogen and oxygen atoms in total. The van der Waals surface area contributed by atoms with E-state index >= 15 is 0 Å². The molecule has 1 atom stereocenters. The fourth-order valence-electron chi connectivity index (χ4n) is 7.31. The van der Waals surface area contributed by atoms with Crippen LogP contribution in [0.1, 0.15) is 22.8 Å². The van der Waals surface area contributed by atoms with Crippen molar-refractivity contribution in [1.29, 1.82) is 0 Å². The molecule has 20 heteroatoms. The van der Waals surface area contributed by atoms with Crippen molar-refractivity contribution in [2.45, 2.75) is 24.3 Å². The van der Waals surface area contributed by atoms with Crippen LogP contribution in [-0.4, -0.2) is 126 Å². The summed E-state index contributed by atoms with van der Waals surface area (Å²) in [5, 5.41) is 39.4. The van der Waals surface area contributed by atoms with Gasteiger partial charge in [-0.25, -0.2) is 19.3 Å². The number of halogens is 2. The Kier molecular flexibility index (Phi) is 17.6. The van der Waals surface area contributed by atoms with Crippen molar-refractivity contribution in [1.82, 2.24) is 39.5 Å². The summed E-state index contributed by atoms with van der Waals surface area (Å²) in [6.07, 6.45) is 3.46. The van der Waals surface area contributed by atoms with Gasteiger partial charge in [0.2, 0.25) is 0 Å². The molecule has 1 saturated heterocycles. The molecule has 6 aromatic heterocycles. The second-order valence-corrected chi connectivity index (χ2v) is 16.1. The number of rotatable bonds is 18. The van der Waals surface area contributed by atoms with Crippen LogP contribution in [0.15, 0.2) is 109 Å². The van der Waals surface area contributed by atoms with Crippen LogP contribution in [0.5, 0.6) is 11.5 Å². The van der Waals surface area contributed by atoms with E-state index in [1.165, 1.54) is 0 Å². The van der Waals surface area contributed by atoms with E-state index in [4.69, 9.17) is 51.7 Å². The standard InChI is InChI=1S/C24H26ClN5O4.C24H25N5O4.CH3I/c1-33-8-9-34-21-11-16(19-5-3-6-22(29-19)24(26,14-25)15-32)10-20-18(21)12-27-30(20)23-7-2-4-17(13-31)28-23;1-31-8-9-33-21-11-16(19-5-3-6-22(28-19)24(25)14-32-15-24)10-20-18(21)12-26-29(20)23-7-2-4-17(13-30)27-23;1-2/h2-7,10-12,31-32H,8-9,13-15,26H2,1H3;2-7,10-12,30H,8-9,13-15,25H2,1H3;1H3. The van der Waals surface area contributed by atoms with Crippen molar-refractivity contribution in [3.8, 4) is 45.6 Å². The van der Waals surface area contributed by atoms with Gasteiger partial charge in [-0.1, -0.05) is 46.9 Å².